The van der Waals surface area contributed by atoms with E-state index in [4.69, 9.17) is 4.74 Å². The average molecular weight is 285 g/mol. The third kappa shape index (κ3) is 2.77. The van der Waals surface area contributed by atoms with E-state index < -0.39 is 34.6 Å². The maximum atomic E-state index is 13.5. The molecule has 0 bridgehead atoms. The lowest BCUT2D eigenvalue weighted by Crippen LogP contribution is -2.57. The minimum absolute atomic E-state index is 0.0941. The number of ether oxygens (including phenoxy) is 1. The molecule has 7 heteroatoms. The van der Waals surface area contributed by atoms with Gasteiger partial charge in [0.1, 0.15) is 17.2 Å². The minimum atomic E-state index is -1.48. The fourth-order valence-electron chi connectivity index (χ4n) is 2.07. The second-order valence-corrected chi connectivity index (χ2v) is 4.58. The normalized spacial score (nSPS) is 17.5. The van der Waals surface area contributed by atoms with Crippen LogP contribution in [0, 0.1) is 11.6 Å². The zero-order chi connectivity index (χ0) is 14.8. The van der Waals surface area contributed by atoms with Crippen molar-refractivity contribution >= 4 is 11.9 Å². The third-order valence-corrected chi connectivity index (χ3v) is 3.28. The van der Waals surface area contributed by atoms with E-state index in [1.165, 1.54) is 0 Å². The molecule has 1 fully saturated rings. The van der Waals surface area contributed by atoms with Crippen LogP contribution in [-0.2, 0) is 9.53 Å². The number of carbonyl (C=O) groups excluding carboxylic acids is 1. The zero-order valence-corrected chi connectivity index (χ0v) is 10.5. The molecule has 1 aliphatic heterocycles. The SMILES string of the molecule is O=C(NC1(C(=O)O)CCOCC1)c1ccc(F)cc1F. The van der Waals surface area contributed by atoms with Gasteiger partial charge < -0.3 is 15.2 Å². The number of rotatable bonds is 3. The van der Waals surface area contributed by atoms with Gasteiger partial charge in [0.2, 0.25) is 0 Å². The Hall–Kier alpha value is -2.02. The zero-order valence-electron chi connectivity index (χ0n) is 10.5. The van der Waals surface area contributed by atoms with Gasteiger partial charge in [-0.3, -0.25) is 4.79 Å². The molecule has 20 heavy (non-hydrogen) atoms. The highest BCUT2D eigenvalue weighted by Crippen LogP contribution is 2.22. The summed E-state index contributed by atoms with van der Waals surface area (Å²) in [6.45, 7) is 0.386. The third-order valence-electron chi connectivity index (χ3n) is 3.28. The number of benzene rings is 1. The molecule has 0 saturated carbocycles. The van der Waals surface area contributed by atoms with Gasteiger partial charge in [-0.1, -0.05) is 0 Å². The molecular weight excluding hydrogens is 272 g/mol. The highest BCUT2D eigenvalue weighted by atomic mass is 19.1. The summed E-state index contributed by atoms with van der Waals surface area (Å²) in [5, 5.41) is 11.6. The molecule has 2 rings (SSSR count). The molecule has 1 saturated heterocycles. The monoisotopic (exact) mass is 285 g/mol. The molecular formula is C13H13F2NO4. The van der Waals surface area contributed by atoms with Crippen LogP contribution in [0.4, 0.5) is 8.78 Å². The number of carboxylic acids is 1. The first-order valence-electron chi connectivity index (χ1n) is 6.03. The van der Waals surface area contributed by atoms with Gasteiger partial charge >= 0.3 is 5.97 Å². The van der Waals surface area contributed by atoms with Crippen molar-refractivity contribution in [3.8, 4) is 0 Å². The molecule has 5 nitrogen and oxygen atoms in total. The Labute approximate surface area is 113 Å². The molecule has 1 heterocycles. The lowest BCUT2D eigenvalue weighted by molar-refractivity contribution is -0.148. The Kier molecular flexibility index (Phi) is 3.99. The van der Waals surface area contributed by atoms with Crippen LogP contribution in [0.15, 0.2) is 18.2 Å². The lowest BCUT2D eigenvalue weighted by Gasteiger charge is -2.33. The van der Waals surface area contributed by atoms with Gasteiger partial charge in [0, 0.05) is 32.1 Å². The summed E-state index contributed by atoms with van der Waals surface area (Å²) >= 11 is 0. The Morgan fingerprint density at radius 2 is 1.90 bits per heavy atom. The summed E-state index contributed by atoms with van der Waals surface area (Å²) in [6, 6.07) is 2.50. The van der Waals surface area contributed by atoms with E-state index in [-0.39, 0.29) is 26.1 Å². The number of nitrogens with one attached hydrogen (secondary N) is 1. The van der Waals surface area contributed by atoms with Gasteiger partial charge in [-0.25, -0.2) is 13.6 Å². The maximum Gasteiger partial charge on any atom is 0.329 e. The largest absolute Gasteiger partial charge is 0.480 e. The molecule has 1 aromatic carbocycles. The predicted octanol–water partition coefficient (Wildman–Crippen LogP) is 1.33. The lowest BCUT2D eigenvalue weighted by atomic mass is 9.89. The average Bonchev–Trinajstić information content (AvgIpc) is 2.39. The molecule has 1 amide bonds. The maximum absolute atomic E-state index is 13.5. The van der Waals surface area contributed by atoms with Crippen LogP contribution in [0.2, 0.25) is 0 Å². The van der Waals surface area contributed by atoms with Gasteiger partial charge in [0.25, 0.3) is 5.91 Å². The summed E-state index contributed by atoms with van der Waals surface area (Å²) in [7, 11) is 0. The molecule has 0 aromatic heterocycles. The summed E-state index contributed by atoms with van der Waals surface area (Å²) in [5.74, 6) is -3.92. The van der Waals surface area contributed by atoms with Crippen molar-refractivity contribution in [2.75, 3.05) is 13.2 Å². The Morgan fingerprint density at radius 1 is 1.25 bits per heavy atom. The molecule has 2 N–H and O–H groups in total. The number of halogens is 2. The second kappa shape index (κ2) is 5.54. The van der Waals surface area contributed by atoms with Gasteiger partial charge in [-0.05, 0) is 12.1 Å². The smallest absolute Gasteiger partial charge is 0.329 e. The van der Waals surface area contributed by atoms with E-state index in [1.807, 2.05) is 0 Å². The fraction of sp³-hybridized carbons (Fsp3) is 0.385. The summed E-state index contributed by atoms with van der Waals surface area (Å²) in [4.78, 5) is 23.3. The van der Waals surface area contributed by atoms with Crippen molar-refractivity contribution in [1.29, 1.82) is 0 Å². The van der Waals surface area contributed by atoms with E-state index in [0.29, 0.717) is 6.07 Å². The standard InChI is InChI=1S/C13H13F2NO4/c14-8-1-2-9(10(15)7-8)11(17)16-13(12(18)19)3-5-20-6-4-13/h1-2,7H,3-6H2,(H,16,17)(H,18,19). The van der Waals surface area contributed by atoms with Crippen LogP contribution in [-0.4, -0.2) is 35.7 Å². The highest BCUT2D eigenvalue weighted by molar-refractivity contribution is 5.98. The van der Waals surface area contributed by atoms with E-state index >= 15 is 0 Å². The van der Waals surface area contributed by atoms with Crippen LogP contribution < -0.4 is 5.32 Å². The molecule has 108 valence electrons. The van der Waals surface area contributed by atoms with Gasteiger partial charge in [-0.2, -0.15) is 0 Å². The number of hydrogen-bond donors (Lipinski definition) is 2. The van der Waals surface area contributed by atoms with E-state index in [0.717, 1.165) is 12.1 Å². The van der Waals surface area contributed by atoms with Crippen molar-refractivity contribution in [2.24, 2.45) is 0 Å². The first-order valence-corrected chi connectivity index (χ1v) is 6.03. The van der Waals surface area contributed by atoms with Crippen LogP contribution in [0.5, 0.6) is 0 Å². The van der Waals surface area contributed by atoms with Crippen LogP contribution in [0.1, 0.15) is 23.2 Å². The predicted molar refractivity (Wildman–Crippen MR) is 64.2 cm³/mol. The number of carboxylic acid groups (broad SMARTS) is 1. The Morgan fingerprint density at radius 3 is 2.45 bits per heavy atom. The fourth-order valence-corrected chi connectivity index (χ4v) is 2.07. The Bertz CT molecular complexity index is 541. The highest BCUT2D eigenvalue weighted by Gasteiger charge is 2.42. The van der Waals surface area contributed by atoms with Crippen molar-refractivity contribution in [3.05, 3.63) is 35.4 Å². The molecule has 0 atom stereocenters. The van der Waals surface area contributed by atoms with Gasteiger partial charge in [-0.15, -0.1) is 0 Å². The molecule has 0 aliphatic carbocycles. The first kappa shape index (κ1) is 14.4. The number of hydrogen-bond acceptors (Lipinski definition) is 3. The van der Waals surface area contributed by atoms with Crippen molar-refractivity contribution in [2.45, 2.75) is 18.4 Å². The summed E-state index contributed by atoms with van der Waals surface area (Å²) in [5.41, 5.74) is -1.87. The number of carbonyl (C=O) groups is 2. The summed E-state index contributed by atoms with van der Waals surface area (Å²) < 4.78 is 31.4. The van der Waals surface area contributed by atoms with E-state index in [9.17, 15) is 23.5 Å². The first-order chi connectivity index (χ1) is 9.44. The van der Waals surface area contributed by atoms with Crippen molar-refractivity contribution < 1.29 is 28.2 Å². The summed E-state index contributed by atoms with van der Waals surface area (Å²) in [6.07, 6.45) is 0.188. The van der Waals surface area contributed by atoms with Gasteiger partial charge in [0.15, 0.2) is 0 Å². The van der Waals surface area contributed by atoms with Crippen LogP contribution in [0.3, 0.4) is 0 Å². The van der Waals surface area contributed by atoms with Crippen molar-refractivity contribution in [3.63, 3.8) is 0 Å². The molecule has 0 radical (unpaired) electrons. The Balaban J connectivity index is 2.22. The van der Waals surface area contributed by atoms with Crippen LogP contribution in [0.25, 0.3) is 0 Å². The minimum Gasteiger partial charge on any atom is -0.480 e. The van der Waals surface area contributed by atoms with Crippen molar-refractivity contribution in [1.82, 2.24) is 5.32 Å². The second-order valence-electron chi connectivity index (χ2n) is 4.58. The number of aliphatic carboxylic acids is 1. The molecule has 0 unspecified atom stereocenters. The molecule has 0 spiro atoms. The van der Waals surface area contributed by atoms with Gasteiger partial charge in [0.05, 0.1) is 5.56 Å². The quantitative estimate of drug-likeness (QED) is 0.878. The molecule has 1 aromatic rings. The topological polar surface area (TPSA) is 75.6 Å². The van der Waals surface area contributed by atoms with Crippen LogP contribution >= 0.6 is 0 Å². The number of amides is 1. The molecule has 1 aliphatic rings. The van der Waals surface area contributed by atoms with E-state index in [1.54, 1.807) is 0 Å². The van der Waals surface area contributed by atoms with E-state index in [2.05, 4.69) is 5.32 Å².